The first-order valence-corrected chi connectivity index (χ1v) is 6.68. The minimum atomic E-state index is -2.74. The van der Waals surface area contributed by atoms with E-state index in [0.717, 1.165) is 18.2 Å². The molecule has 0 heterocycles. The van der Waals surface area contributed by atoms with Crippen molar-refractivity contribution in [1.82, 2.24) is 0 Å². The van der Waals surface area contributed by atoms with Gasteiger partial charge in [0.2, 0.25) is 5.91 Å². The number of allylic oxidation sites excluding steroid dienone is 2. The van der Waals surface area contributed by atoms with Crippen molar-refractivity contribution in [3.05, 3.63) is 23.8 Å². The van der Waals surface area contributed by atoms with E-state index in [2.05, 4.69) is 0 Å². The third kappa shape index (κ3) is 3.33. The average Bonchev–Trinajstić information content (AvgIpc) is 2.43. The van der Waals surface area contributed by atoms with Gasteiger partial charge in [-0.3, -0.25) is 4.79 Å². The van der Waals surface area contributed by atoms with Crippen molar-refractivity contribution in [2.75, 3.05) is 13.2 Å². The van der Waals surface area contributed by atoms with E-state index in [4.69, 9.17) is 20.3 Å². The van der Waals surface area contributed by atoms with E-state index in [-0.39, 0.29) is 13.2 Å². The molecule has 7 nitrogen and oxygen atoms in total. The molecule has 0 aromatic carbocycles. The molecule has 0 aromatic heterocycles. The molecule has 0 aliphatic heterocycles. The van der Waals surface area contributed by atoms with Gasteiger partial charge in [0.1, 0.15) is 5.92 Å². The van der Waals surface area contributed by atoms with Crippen LogP contribution in [0.4, 0.5) is 4.39 Å². The first-order valence-electron chi connectivity index (χ1n) is 6.68. The number of aliphatic carboxylic acids is 1. The molecular formula is C14H18FNO6. The fourth-order valence-corrected chi connectivity index (χ4v) is 2.30. The molecule has 0 fully saturated rings. The molecule has 1 aliphatic rings. The minimum Gasteiger partial charge on any atom is -0.478 e. The third-order valence-electron chi connectivity index (χ3n) is 3.15. The first kappa shape index (κ1) is 17.8. The van der Waals surface area contributed by atoms with Crippen molar-refractivity contribution >= 4 is 17.8 Å². The molecule has 1 rings (SSSR count). The Labute approximate surface area is 126 Å². The molecule has 122 valence electrons. The van der Waals surface area contributed by atoms with Crippen LogP contribution in [0.2, 0.25) is 0 Å². The van der Waals surface area contributed by atoms with Crippen molar-refractivity contribution in [2.45, 2.75) is 25.6 Å². The van der Waals surface area contributed by atoms with Crippen LogP contribution in [0.3, 0.4) is 0 Å². The molecule has 1 amide bonds. The normalized spacial score (nSPS) is 25.2. The van der Waals surface area contributed by atoms with Gasteiger partial charge >= 0.3 is 11.9 Å². The number of alkyl halides is 1. The van der Waals surface area contributed by atoms with E-state index in [1.807, 2.05) is 0 Å². The molecule has 0 bridgehead atoms. The lowest BCUT2D eigenvalue weighted by atomic mass is 9.75. The van der Waals surface area contributed by atoms with Gasteiger partial charge in [0.05, 0.1) is 12.2 Å². The zero-order valence-corrected chi connectivity index (χ0v) is 12.2. The van der Waals surface area contributed by atoms with E-state index in [1.165, 1.54) is 13.8 Å². The van der Waals surface area contributed by atoms with Crippen molar-refractivity contribution in [1.29, 1.82) is 0 Å². The summed E-state index contributed by atoms with van der Waals surface area (Å²) in [6, 6.07) is 0. The molecule has 0 saturated heterocycles. The largest absolute Gasteiger partial charge is 0.478 e. The van der Waals surface area contributed by atoms with E-state index in [0.29, 0.717) is 0 Å². The van der Waals surface area contributed by atoms with Crippen LogP contribution in [0.25, 0.3) is 0 Å². The predicted molar refractivity (Wildman–Crippen MR) is 73.4 cm³/mol. The Hall–Kier alpha value is -2.22. The second kappa shape index (κ2) is 7.17. The molecule has 0 radical (unpaired) electrons. The summed E-state index contributed by atoms with van der Waals surface area (Å²) >= 11 is 0. The average molecular weight is 315 g/mol. The van der Waals surface area contributed by atoms with Crippen LogP contribution < -0.4 is 5.73 Å². The van der Waals surface area contributed by atoms with Gasteiger partial charge in [-0.15, -0.1) is 0 Å². The number of carbonyl (C=O) groups is 3. The number of primary amides is 1. The van der Waals surface area contributed by atoms with Crippen LogP contribution in [0.15, 0.2) is 23.8 Å². The Balaban J connectivity index is 3.33. The van der Waals surface area contributed by atoms with Gasteiger partial charge in [-0.05, 0) is 19.9 Å². The number of ether oxygens (including phenoxy) is 2. The Bertz CT molecular complexity index is 529. The highest BCUT2D eigenvalue weighted by Crippen LogP contribution is 2.38. The molecule has 0 saturated carbocycles. The van der Waals surface area contributed by atoms with Gasteiger partial charge in [-0.25, -0.2) is 14.0 Å². The number of amides is 1. The SMILES string of the molecule is CCOC(=O)C(OCC)C1(F)C=CC=C(C(=O)O)C1C(N)=O. The molecule has 0 aromatic rings. The summed E-state index contributed by atoms with van der Waals surface area (Å²) in [7, 11) is 0. The van der Waals surface area contributed by atoms with E-state index >= 15 is 4.39 Å². The smallest absolute Gasteiger partial charge is 0.339 e. The first-order chi connectivity index (χ1) is 10.3. The molecule has 3 N–H and O–H groups in total. The van der Waals surface area contributed by atoms with Crippen molar-refractivity contribution in [3.8, 4) is 0 Å². The van der Waals surface area contributed by atoms with Crippen LogP contribution in [0.5, 0.6) is 0 Å². The maximum atomic E-state index is 15.4. The van der Waals surface area contributed by atoms with Crippen LogP contribution >= 0.6 is 0 Å². The zero-order chi connectivity index (χ0) is 16.9. The Morgan fingerprint density at radius 3 is 2.50 bits per heavy atom. The second-order valence-electron chi connectivity index (χ2n) is 4.54. The summed E-state index contributed by atoms with van der Waals surface area (Å²) in [5.74, 6) is -5.62. The van der Waals surface area contributed by atoms with E-state index in [1.54, 1.807) is 0 Å². The van der Waals surface area contributed by atoms with Gasteiger partial charge in [-0.2, -0.15) is 0 Å². The number of hydrogen-bond acceptors (Lipinski definition) is 5. The summed E-state index contributed by atoms with van der Waals surface area (Å²) < 4.78 is 25.2. The van der Waals surface area contributed by atoms with Gasteiger partial charge in [0.25, 0.3) is 0 Å². The lowest BCUT2D eigenvalue weighted by Crippen LogP contribution is -2.55. The molecule has 1 aliphatic carbocycles. The fraction of sp³-hybridized carbons (Fsp3) is 0.500. The summed E-state index contributed by atoms with van der Waals surface area (Å²) in [4.78, 5) is 34.8. The molecule has 22 heavy (non-hydrogen) atoms. The zero-order valence-electron chi connectivity index (χ0n) is 12.2. The lowest BCUT2D eigenvalue weighted by Gasteiger charge is -2.36. The number of esters is 1. The Morgan fingerprint density at radius 2 is 2.05 bits per heavy atom. The molecule has 3 atom stereocenters. The maximum Gasteiger partial charge on any atom is 0.339 e. The standard InChI is InChI=1S/C14H18FNO6/c1-3-21-10(13(20)22-4-2)14(15)7-5-6-8(12(18)19)9(14)11(16)17/h5-7,9-10H,3-4H2,1-2H3,(H2,16,17)(H,18,19). The van der Waals surface area contributed by atoms with Gasteiger partial charge in [0.15, 0.2) is 11.8 Å². The number of carboxylic acid groups (broad SMARTS) is 1. The monoisotopic (exact) mass is 315 g/mol. The molecule has 3 unspecified atom stereocenters. The van der Waals surface area contributed by atoms with Crippen molar-refractivity contribution in [3.63, 3.8) is 0 Å². The van der Waals surface area contributed by atoms with Gasteiger partial charge in [0, 0.05) is 6.61 Å². The lowest BCUT2D eigenvalue weighted by molar-refractivity contribution is -0.169. The Kier molecular flexibility index (Phi) is 5.81. The maximum absolute atomic E-state index is 15.4. The summed E-state index contributed by atoms with van der Waals surface area (Å²) in [5.41, 5.74) is 1.87. The minimum absolute atomic E-state index is 0.0228. The highest BCUT2D eigenvalue weighted by molar-refractivity contribution is 5.98. The van der Waals surface area contributed by atoms with Crippen LogP contribution in [-0.2, 0) is 23.9 Å². The summed E-state index contributed by atoms with van der Waals surface area (Å²) in [5, 5.41) is 9.11. The van der Waals surface area contributed by atoms with Crippen molar-refractivity contribution < 1.29 is 33.4 Å². The number of carboxylic acids is 1. The molecule has 0 spiro atoms. The number of nitrogens with two attached hydrogens (primary N) is 1. The predicted octanol–water partition coefficient (Wildman–Crippen LogP) is 0.345. The van der Waals surface area contributed by atoms with Crippen LogP contribution in [0, 0.1) is 5.92 Å². The number of rotatable bonds is 7. The van der Waals surface area contributed by atoms with E-state index in [9.17, 15) is 14.4 Å². The highest BCUT2D eigenvalue weighted by Gasteiger charge is 2.55. The van der Waals surface area contributed by atoms with Crippen molar-refractivity contribution in [2.24, 2.45) is 11.7 Å². The van der Waals surface area contributed by atoms with Crippen LogP contribution in [-0.4, -0.2) is 47.9 Å². The van der Waals surface area contributed by atoms with Crippen LogP contribution in [0.1, 0.15) is 13.8 Å². The van der Waals surface area contributed by atoms with Gasteiger partial charge in [-0.1, -0.05) is 12.2 Å². The third-order valence-corrected chi connectivity index (χ3v) is 3.15. The fourth-order valence-electron chi connectivity index (χ4n) is 2.30. The number of carbonyl (C=O) groups excluding carboxylic acids is 2. The summed E-state index contributed by atoms with van der Waals surface area (Å²) in [6.45, 7) is 2.98. The second-order valence-corrected chi connectivity index (χ2v) is 4.54. The Morgan fingerprint density at radius 1 is 1.41 bits per heavy atom. The highest BCUT2D eigenvalue weighted by atomic mass is 19.1. The molecule has 8 heteroatoms. The number of hydrogen-bond donors (Lipinski definition) is 2. The summed E-state index contributed by atoms with van der Waals surface area (Å²) in [6.07, 6.45) is 1.26. The van der Waals surface area contributed by atoms with E-state index < -0.39 is 41.1 Å². The quantitative estimate of drug-likeness (QED) is 0.655. The molecular weight excluding hydrogens is 297 g/mol. The van der Waals surface area contributed by atoms with Gasteiger partial charge < -0.3 is 20.3 Å². The topological polar surface area (TPSA) is 116 Å². The number of halogens is 1.